The zero-order valence-corrected chi connectivity index (χ0v) is 53.6. The van der Waals surface area contributed by atoms with Crippen LogP contribution in [0.1, 0.15) is 116 Å². The maximum atomic E-state index is 13.2. The molecule has 0 heterocycles. The van der Waals surface area contributed by atoms with E-state index in [-0.39, 0.29) is 64.9 Å². The Hall–Kier alpha value is -5.64. The third kappa shape index (κ3) is 18.8. The van der Waals surface area contributed by atoms with Crippen LogP contribution in [0.3, 0.4) is 0 Å². The first-order valence-corrected chi connectivity index (χ1v) is 33.2. The van der Waals surface area contributed by atoms with Gasteiger partial charge in [0.2, 0.25) is 0 Å². The van der Waals surface area contributed by atoms with Crippen LogP contribution in [0.4, 0.5) is 39.5 Å². The van der Waals surface area contributed by atoms with E-state index in [4.69, 9.17) is 17.5 Å². The molecular formula is C65H65F9NaO13S3-. The summed E-state index contributed by atoms with van der Waals surface area (Å²) in [6.07, 6.45) is 10.1. The summed E-state index contributed by atoms with van der Waals surface area (Å²) in [6, 6.07) is 54.8. The molecule has 0 spiro atoms. The zero-order chi connectivity index (χ0) is 65.5. The molecule has 8 aliphatic rings. The third-order valence-electron chi connectivity index (χ3n) is 17.7. The summed E-state index contributed by atoms with van der Waals surface area (Å²) < 4.78 is 207. The average molecular weight is 1340 g/mol. The molecule has 26 heteroatoms. The number of halogens is 9. The van der Waals surface area contributed by atoms with E-state index in [9.17, 15) is 70.5 Å². The van der Waals surface area contributed by atoms with E-state index in [1.807, 2.05) is 97.1 Å². The number of hydrogen-bond acceptors (Lipinski definition) is 12. The molecule has 0 aliphatic heterocycles. The van der Waals surface area contributed by atoms with Crippen molar-refractivity contribution in [2.24, 2.45) is 52.8 Å². The number of ether oxygens (including phenoxy) is 2. The van der Waals surface area contributed by atoms with E-state index in [0.29, 0.717) is 48.9 Å². The van der Waals surface area contributed by atoms with E-state index in [0.717, 1.165) is 56.1 Å². The van der Waals surface area contributed by atoms with Gasteiger partial charge in [0.05, 0.1) is 11.3 Å². The Kier molecular flexibility index (Phi) is 24.1. The summed E-state index contributed by atoms with van der Waals surface area (Å²) in [7, 11) is -17.5. The Morgan fingerprint density at radius 1 is 0.451 bits per heavy atom. The van der Waals surface area contributed by atoms with Crippen LogP contribution in [-0.4, -0.2) is 80.1 Å². The fraction of sp³-hybridized carbons (Fsp3) is 0.415. The quantitative estimate of drug-likeness (QED) is 0.0268. The molecule has 8 bridgehead atoms. The van der Waals surface area contributed by atoms with Gasteiger partial charge in [-0.2, -0.15) is 39.2 Å². The number of carbonyl (C=O) groups excluding carboxylic acids is 2. The number of hydrogen-bond donors (Lipinski definition) is 1. The summed E-state index contributed by atoms with van der Waals surface area (Å²) >= 11 is 0. The first-order chi connectivity index (χ1) is 42.2. The SMILES string of the molecule is Fc1ccc(C(c2ccccc2)c2ccccc2)cc1.Fc1ccc(C(c2ccccc2)c2ccccc2)cc1.O=C(OCC(F)(F)S(=O)(=O)O)C12CC3CC(CC(C3)C1)C2.O=C(OCC(F)(F)S(=O)(=O)[O-])C1C2CC3CC(C2)CC1C3.O=S(=O)([O-])C(F)(F)F.[Na+]. The second-order valence-corrected chi connectivity index (χ2v) is 28.5. The molecule has 0 unspecified atom stereocenters. The zero-order valence-electron chi connectivity index (χ0n) is 49.1. The van der Waals surface area contributed by atoms with Gasteiger partial charge in [-0.15, -0.1) is 0 Å². The van der Waals surface area contributed by atoms with Crippen molar-refractivity contribution in [1.29, 1.82) is 0 Å². The molecule has 0 radical (unpaired) electrons. The maximum Gasteiger partial charge on any atom is 1.00 e. The van der Waals surface area contributed by atoms with Gasteiger partial charge in [0.1, 0.15) is 11.6 Å². The van der Waals surface area contributed by atoms with E-state index < -0.39 is 82.9 Å². The topological polar surface area (TPSA) is 221 Å². The summed E-state index contributed by atoms with van der Waals surface area (Å²) in [5, 5.41) is -9.01. The van der Waals surface area contributed by atoms with Gasteiger partial charge in [0, 0.05) is 11.8 Å². The Bertz CT molecular complexity index is 3440. The van der Waals surface area contributed by atoms with Crippen molar-refractivity contribution in [2.75, 3.05) is 13.2 Å². The second kappa shape index (κ2) is 30.2. The minimum Gasteiger partial charge on any atom is -0.743 e. The molecule has 8 saturated carbocycles. The van der Waals surface area contributed by atoms with Crippen LogP contribution in [-0.2, 0) is 49.4 Å². The minimum absolute atomic E-state index is 0. The van der Waals surface area contributed by atoms with Crippen LogP contribution in [0.25, 0.3) is 0 Å². The van der Waals surface area contributed by atoms with Crippen LogP contribution in [0.5, 0.6) is 0 Å². The first kappa shape index (κ1) is 72.8. The summed E-state index contributed by atoms with van der Waals surface area (Å²) in [5.74, 6) is 0.874. The smallest absolute Gasteiger partial charge is 0.743 e. The van der Waals surface area contributed by atoms with E-state index in [2.05, 4.69) is 58.0 Å². The molecule has 6 aromatic rings. The fourth-order valence-corrected chi connectivity index (χ4v) is 14.8. The van der Waals surface area contributed by atoms with Gasteiger partial charge < -0.3 is 18.6 Å². The largest absolute Gasteiger partial charge is 1.00 e. The molecule has 13 nitrogen and oxygen atoms in total. The van der Waals surface area contributed by atoms with Crippen molar-refractivity contribution in [3.05, 3.63) is 215 Å². The van der Waals surface area contributed by atoms with Gasteiger partial charge in [-0.3, -0.25) is 14.1 Å². The monoisotopic (exact) mass is 1340 g/mol. The van der Waals surface area contributed by atoms with Crippen molar-refractivity contribution >= 4 is 42.3 Å². The number of alkyl halides is 7. The van der Waals surface area contributed by atoms with Crippen molar-refractivity contribution < 1.29 is 127 Å². The molecular weight excluding hydrogens is 1280 g/mol. The number of benzene rings is 6. The Morgan fingerprint density at radius 3 is 1.02 bits per heavy atom. The van der Waals surface area contributed by atoms with Gasteiger partial charge in [-0.1, -0.05) is 146 Å². The third-order valence-corrected chi connectivity index (χ3v) is 20.0. The molecule has 0 aromatic heterocycles. The van der Waals surface area contributed by atoms with Crippen molar-refractivity contribution in [3.63, 3.8) is 0 Å². The Morgan fingerprint density at radius 2 is 0.736 bits per heavy atom. The van der Waals surface area contributed by atoms with Crippen molar-refractivity contribution in [2.45, 2.75) is 98.5 Å². The summed E-state index contributed by atoms with van der Waals surface area (Å²) in [5.41, 5.74) is 0.690. The fourth-order valence-electron chi connectivity index (χ4n) is 14.4. The molecule has 14 rings (SSSR count). The van der Waals surface area contributed by atoms with Gasteiger partial charge >= 0.3 is 67.6 Å². The predicted molar refractivity (Wildman–Crippen MR) is 310 cm³/mol. The van der Waals surface area contributed by atoms with Crippen LogP contribution in [0.15, 0.2) is 170 Å². The predicted octanol–water partition coefficient (Wildman–Crippen LogP) is 11.0. The minimum atomic E-state index is -6.09. The second-order valence-electron chi connectivity index (χ2n) is 24.1. The molecule has 0 amide bonds. The molecule has 1 N–H and O–H groups in total. The van der Waals surface area contributed by atoms with Crippen molar-refractivity contribution in [1.82, 2.24) is 0 Å². The standard InChI is InChI=1S/2C19H15F.2C13H18F2O5S.CHF3O3S.Na/c2*20-18-13-11-17(12-14-18)19(15-7-3-1-4-8-15)16-9-5-2-6-10-16;14-13(15,21(17,18)19)7-20-11(16)12-4-8-1-9(5-12)3-10(2-8)6-12;14-13(15,21(17,18)19)6-20-12(16)11-9-2-7-1-8(4-9)5-10(11)3-7;2-1(3,4)8(5,6)7;/h2*1-14,19H;8-10H,1-7H2,(H,17,18,19);7-11H,1-6H2,(H,17,18,19);(H,5,6,7);/q;;;;;+1/p-2. The van der Waals surface area contributed by atoms with E-state index in [1.165, 1.54) is 52.9 Å². The number of carbonyl (C=O) groups is 2. The normalized spacial score (nSPS) is 23.7. The van der Waals surface area contributed by atoms with Crippen LogP contribution >= 0.6 is 0 Å². The summed E-state index contributed by atoms with van der Waals surface area (Å²) in [4.78, 5) is 24.3. The van der Waals surface area contributed by atoms with Gasteiger partial charge in [-0.25, -0.2) is 25.6 Å². The molecule has 91 heavy (non-hydrogen) atoms. The summed E-state index contributed by atoms with van der Waals surface area (Å²) in [6.45, 7) is -3.30. The van der Waals surface area contributed by atoms with Gasteiger partial charge in [0.15, 0.2) is 33.5 Å². The molecule has 486 valence electrons. The molecule has 0 saturated heterocycles. The van der Waals surface area contributed by atoms with Crippen LogP contribution in [0, 0.1) is 64.4 Å². The van der Waals surface area contributed by atoms with Gasteiger partial charge in [0.25, 0.3) is 0 Å². The molecule has 6 aromatic carbocycles. The average Bonchev–Trinajstić information content (AvgIpc) is 0.782. The van der Waals surface area contributed by atoms with Crippen LogP contribution in [0.2, 0.25) is 0 Å². The molecule has 8 fully saturated rings. The molecule has 8 aliphatic carbocycles. The van der Waals surface area contributed by atoms with E-state index in [1.54, 1.807) is 0 Å². The number of rotatable bonds is 14. The molecule has 0 atom stereocenters. The van der Waals surface area contributed by atoms with Crippen LogP contribution < -0.4 is 29.6 Å². The Labute approximate surface area is 545 Å². The maximum absolute atomic E-state index is 13.2. The Balaban J connectivity index is 0.000000165. The van der Waals surface area contributed by atoms with E-state index >= 15 is 0 Å². The first-order valence-electron chi connectivity index (χ1n) is 29.0. The van der Waals surface area contributed by atoms with Crippen molar-refractivity contribution in [3.8, 4) is 0 Å². The van der Waals surface area contributed by atoms with Gasteiger partial charge in [-0.05, 0) is 170 Å². The number of esters is 2.